The molecule has 0 amide bonds. The average molecular weight is 246 g/mol. The van der Waals surface area contributed by atoms with E-state index < -0.39 is 0 Å². The zero-order valence-corrected chi connectivity index (χ0v) is 11.1. The van der Waals surface area contributed by atoms with Crippen LogP contribution in [0.5, 0.6) is 0 Å². The Kier molecular flexibility index (Phi) is 5.94. The van der Waals surface area contributed by atoms with Crippen LogP contribution in [0.4, 0.5) is 0 Å². The van der Waals surface area contributed by atoms with Crippen molar-refractivity contribution < 1.29 is 4.74 Å². The lowest BCUT2D eigenvalue weighted by Gasteiger charge is -2.35. The molecule has 0 saturated carbocycles. The molecule has 2 unspecified atom stereocenters. The molecule has 1 aliphatic rings. The predicted molar refractivity (Wildman–Crippen MR) is 69.6 cm³/mol. The third-order valence-electron chi connectivity index (χ3n) is 2.52. The summed E-state index contributed by atoms with van der Waals surface area (Å²) in [7, 11) is 1.68. The summed E-state index contributed by atoms with van der Waals surface area (Å²) in [6.07, 6.45) is 0. The summed E-state index contributed by atoms with van der Waals surface area (Å²) in [4.78, 5) is 6.76. The number of hydrazine groups is 1. The molecule has 2 atom stereocenters. The van der Waals surface area contributed by atoms with Crippen molar-refractivity contribution >= 4 is 17.7 Å². The predicted octanol–water partition coefficient (Wildman–Crippen LogP) is 0.278. The van der Waals surface area contributed by atoms with Gasteiger partial charge in [0.2, 0.25) is 5.96 Å². The van der Waals surface area contributed by atoms with E-state index in [-0.39, 0.29) is 6.04 Å². The number of thioether (sulfide) groups is 1. The molecule has 0 aliphatic carbocycles. The van der Waals surface area contributed by atoms with Crippen LogP contribution in [0.1, 0.15) is 13.8 Å². The maximum absolute atomic E-state index is 5.54. The van der Waals surface area contributed by atoms with Crippen molar-refractivity contribution in [3.63, 3.8) is 0 Å². The van der Waals surface area contributed by atoms with Crippen LogP contribution in [-0.2, 0) is 4.74 Å². The molecule has 16 heavy (non-hydrogen) atoms. The summed E-state index contributed by atoms with van der Waals surface area (Å²) < 4.78 is 5.06. The largest absolute Gasteiger partial charge is 0.382 e. The van der Waals surface area contributed by atoms with Crippen LogP contribution in [0.2, 0.25) is 0 Å². The lowest BCUT2D eigenvalue weighted by molar-refractivity contribution is 0.184. The Morgan fingerprint density at radius 1 is 1.75 bits per heavy atom. The average Bonchev–Trinajstić information content (AvgIpc) is 2.27. The molecular weight excluding hydrogens is 224 g/mol. The topological polar surface area (TPSA) is 62.9 Å². The first-order valence-corrected chi connectivity index (χ1v) is 6.72. The Balaban J connectivity index is 2.63. The molecule has 0 aromatic carbocycles. The first-order chi connectivity index (χ1) is 7.69. The molecule has 94 valence electrons. The molecule has 0 aromatic heterocycles. The first kappa shape index (κ1) is 13.6. The number of methoxy groups -OCH3 is 1. The second-order valence-electron chi connectivity index (χ2n) is 4.02. The van der Waals surface area contributed by atoms with Crippen molar-refractivity contribution in [2.75, 3.05) is 31.8 Å². The van der Waals surface area contributed by atoms with Gasteiger partial charge in [0.05, 0.1) is 12.6 Å². The van der Waals surface area contributed by atoms with Gasteiger partial charge in [-0.25, -0.2) is 10.8 Å². The van der Waals surface area contributed by atoms with Gasteiger partial charge in [0.1, 0.15) is 0 Å². The summed E-state index contributed by atoms with van der Waals surface area (Å²) in [5.41, 5.74) is 2.70. The molecule has 1 aliphatic heterocycles. The maximum Gasteiger partial charge on any atom is 0.209 e. The highest BCUT2D eigenvalue weighted by Gasteiger charge is 2.21. The number of hydrogen-bond acceptors (Lipinski definition) is 4. The Bertz CT molecular complexity index is 237. The van der Waals surface area contributed by atoms with Gasteiger partial charge in [-0.3, -0.25) is 5.43 Å². The Morgan fingerprint density at radius 2 is 2.50 bits per heavy atom. The fourth-order valence-corrected chi connectivity index (χ4v) is 2.74. The van der Waals surface area contributed by atoms with E-state index in [1.54, 1.807) is 7.11 Å². The molecule has 3 N–H and O–H groups in total. The van der Waals surface area contributed by atoms with Crippen molar-refractivity contribution in [3.05, 3.63) is 0 Å². The molecule has 1 saturated heterocycles. The molecule has 0 spiro atoms. The second-order valence-corrected chi connectivity index (χ2v) is 5.17. The van der Waals surface area contributed by atoms with Crippen LogP contribution in [0, 0.1) is 0 Å². The van der Waals surface area contributed by atoms with Gasteiger partial charge in [-0.2, -0.15) is 11.8 Å². The Labute approximate surface area is 102 Å². The van der Waals surface area contributed by atoms with Crippen LogP contribution in [0.15, 0.2) is 4.99 Å². The van der Waals surface area contributed by atoms with E-state index in [0.717, 1.165) is 24.0 Å². The van der Waals surface area contributed by atoms with Crippen LogP contribution >= 0.6 is 11.8 Å². The highest BCUT2D eigenvalue weighted by atomic mass is 32.2. The van der Waals surface area contributed by atoms with Crippen molar-refractivity contribution in [1.82, 2.24) is 10.3 Å². The fourth-order valence-electron chi connectivity index (χ4n) is 1.72. The van der Waals surface area contributed by atoms with Crippen molar-refractivity contribution in [2.45, 2.75) is 25.9 Å². The SMILES string of the molecule is COCC(C)N=C(NN)N1CCSCC1C. The number of aliphatic imine (C=N–C) groups is 1. The van der Waals surface area contributed by atoms with Crippen molar-refractivity contribution in [3.8, 4) is 0 Å². The lowest BCUT2D eigenvalue weighted by atomic mass is 10.3. The minimum absolute atomic E-state index is 0.123. The lowest BCUT2D eigenvalue weighted by Crippen LogP contribution is -2.52. The first-order valence-electron chi connectivity index (χ1n) is 5.56. The van der Waals surface area contributed by atoms with E-state index in [1.165, 1.54) is 0 Å². The molecule has 1 rings (SSSR count). The van der Waals surface area contributed by atoms with Crippen LogP contribution in [0.3, 0.4) is 0 Å². The number of rotatable bonds is 3. The number of nitrogens with two attached hydrogens (primary N) is 1. The Morgan fingerprint density at radius 3 is 3.06 bits per heavy atom. The maximum atomic E-state index is 5.54. The standard InChI is InChI=1S/C10H22N4OS/c1-8(6-15-3)12-10(13-11)14-4-5-16-7-9(14)2/h8-9H,4-7,11H2,1-3H3,(H,12,13). The van der Waals surface area contributed by atoms with Gasteiger partial charge >= 0.3 is 0 Å². The van der Waals surface area contributed by atoms with Gasteiger partial charge in [-0.1, -0.05) is 0 Å². The molecule has 1 fully saturated rings. The van der Waals surface area contributed by atoms with Gasteiger partial charge in [0.25, 0.3) is 0 Å². The summed E-state index contributed by atoms with van der Waals surface area (Å²) >= 11 is 1.97. The van der Waals surface area contributed by atoms with E-state index in [9.17, 15) is 0 Å². The number of ether oxygens (including phenoxy) is 1. The van der Waals surface area contributed by atoms with Crippen LogP contribution < -0.4 is 11.3 Å². The summed E-state index contributed by atoms with van der Waals surface area (Å²) in [5, 5.41) is 0. The van der Waals surface area contributed by atoms with E-state index in [2.05, 4.69) is 22.2 Å². The molecule has 0 radical (unpaired) electrons. The van der Waals surface area contributed by atoms with Gasteiger partial charge < -0.3 is 9.64 Å². The van der Waals surface area contributed by atoms with E-state index >= 15 is 0 Å². The molecule has 1 heterocycles. The fraction of sp³-hybridized carbons (Fsp3) is 0.900. The van der Waals surface area contributed by atoms with Crippen LogP contribution in [-0.4, -0.2) is 54.7 Å². The van der Waals surface area contributed by atoms with Crippen LogP contribution in [0.25, 0.3) is 0 Å². The monoisotopic (exact) mass is 246 g/mol. The normalized spacial score (nSPS) is 24.4. The number of nitrogens with zero attached hydrogens (tertiary/aromatic N) is 2. The minimum Gasteiger partial charge on any atom is -0.382 e. The van der Waals surface area contributed by atoms with E-state index in [4.69, 9.17) is 10.6 Å². The summed E-state index contributed by atoms with van der Waals surface area (Å²) in [5.74, 6) is 8.57. The minimum atomic E-state index is 0.123. The zero-order valence-electron chi connectivity index (χ0n) is 10.3. The van der Waals surface area contributed by atoms with Gasteiger partial charge in [-0.05, 0) is 13.8 Å². The van der Waals surface area contributed by atoms with Gasteiger partial charge in [-0.15, -0.1) is 0 Å². The van der Waals surface area contributed by atoms with Crippen molar-refractivity contribution in [2.24, 2.45) is 10.8 Å². The van der Waals surface area contributed by atoms with Gasteiger partial charge in [0, 0.05) is 31.2 Å². The highest BCUT2D eigenvalue weighted by Crippen LogP contribution is 2.16. The zero-order chi connectivity index (χ0) is 12.0. The smallest absolute Gasteiger partial charge is 0.209 e. The Hall–Kier alpha value is -0.460. The molecule has 6 heteroatoms. The van der Waals surface area contributed by atoms with Crippen molar-refractivity contribution in [1.29, 1.82) is 0 Å². The number of nitrogens with one attached hydrogen (secondary N) is 1. The third-order valence-corrected chi connectivity index (χ3v) is 3.71. The number of guanidine groups is 1. The molecular formula is C10H22N4OS. The quantitative estimate of drug-likeness (QED) is 0.324. The number of hydrogen-bond donors (Lipinski definition) is 2. The second kappa shape index (κ2) is 6.98. The third kappa shape index (κ3) is 3.84. The van der Waals surface area contributed by atoms with E-state index in [1.807, 2.05) is 18.7 Å². The summed E-state index contributed by atoms with van der Waals surface area (Å²) in [6, 6.07) is 0.598. The highest BCUT2D eigenvalue weighted by molar-refractivity contribution is 7.99. The summed E-state index contributed by atoms with van der Waals surface area (Å²) in [6.45, 7) is 5.82. The molecule has 0 bridgehead atoms. The van der Waals surface area contributed by atoms with Gasteiger partial charge in [0.15, 0.2) is 0 Å². The molecule has 5 nitrogen and oxygen atoms in total. The van der Waals surface area contributed by atoms with E-state index in [0.29, 0.717) is 12.6 Å². The molecule has 0 aromatic rings.